The van der Waals surface area contributed by atoms with Crippen molar-refractivity contribution in [3.8, 4) is 11.5 Å². The average Bonchev–Trinajstić information content (AvgIpc) is 2.62. The lowest BCUT2D eigenvalue weighted by molar-refractivity contribution is 0.482. The molecule has 3 aromatic carbocycles. The lowest BCUT2D eigenvalue weighted by Crippen LogP contribution is -2.16. The van der Waals surface area contributed by atoms with Gasteiger partial charge >= 0.3 is 0 Å². The van der Waals surface area contributed by atoms with Crippen LogP contribution in [-0.2, 0) is 13.0 Å². The molecule has 0 spiro atoms. The molecule has 2 nitrogen and oxygen atoms in total. The maximum atomic E-state index is 5.80. The zero-order chi connectivity index (χ0) is 15.7. The molecular weight excluding hydrogens is 282 g/mol. The van der Waals surface area contributed by atoms with E-state index < -0.39 is 0 Å². The smallest absolute Gasteiger partial charge is 0.127 e. The molecule has 2 heteroatoms. The van der Waals surface area contributed by atoms with Gasteiger partial charge in [-0.25, -0.2) is 0 Å². The molecule has 0 amide bonds. The number of hydrogen-bond acceptors (Lipinski definition) is 2. The number of benzene rings is 3. The molecule has 116 valence electrons. The molecule has 0 radical (unpaired) electrons. The first-order valence-electron chi connectivity index (χ1n) is 7.97. The highest BCUT2D eigenvalue weighted by Gasteiger charge is 1.98. The minimum Gasteiger partial charge on any atom is -0.457 e. The largest absolute Gasteiger partial charge is 0.457 e. The van der Waals surface area contributed by atoms with E-state index in [1.807, 2.05) is 48.5 Å². The summed E-state index contributed by atoms with van der Waals surface area (Å²) in [5.41, 5.74) is 2.63. The van der Waals surface area contributed by atoms with Crippen LogP contribution < -0.4 is 10.1 Å². The van der Waals surface area contributed by atoms with Gasteiger partial charge in [-0.15, -0.1) is 0 Å². The zero-order valence-corrected chi connectivity index (χ0v) is 13.1. The second-order valence-electron chi connectivity index (χ2n) is 5.47. The van der Waals surface area contributed by atoms with Crippen LogP contribution in [0.5, 0.6) is 11.5 Å². The predicted molar refractivity (Wildman–Crippen MR) is 94.8 cm³/mol. The van der Waals surface area contributed by atoms with Crippen molar-refractivity contribution in [1.29, 1.82) is 0 Å². The van der Waals surface area contributed by atoms with E-state index in [0.717, 1.165) is 31.0 Å². The van der Waals surface area contributed by atoms with E-state index in [0.29, 0.717) is 0 Å². The molecule has 23 heavy (non-hydrogen) atoms. The van der Waals surface area contributed by atoms with Crippen LogP contribution in [-0.4, -0.2) is 6.54 Å². The van der Waals surface area contributed by atoms with Crippen molar-refractivity contribution in [3.05, 3.63) is 96.1 Å². The number of hydrogen-bond donors (Lipinski definition) is 1. The quantitative estimate of drug-likeness (QED) is 0.632. The standard InChI is InChI=1S/C21H21NO/c1-3-7-19(8-4-1)17-22-16-15-18-11-13-21(14-12-18)23-20-9-5-2-6-10-20/h1-14,22H,15-17H2. The summed E-state index contributed by atoms with van der Waals surface area (Å²) in [5, 5.41) is 3.47. The van der Waals surface area contributed by atoms with Crippen molar-refractivity contribution in [3.63, 3.8) is 0 Å². The third kappa shape index (κ3) is 4.97. The van der Waals surface area contributed by atoms with Crippen LogP contribution in [0.1, 0.15) is 11.1 Å². The van der Waals surface area contributed by atoms with Crippen molar-refractivity contribution in [2.45, 2.75) is 13.0 Å². The van der Waals surface area contributed by atoms with Gasteiger partial charge in [-0.2, -0.15) is 0 Å². The van der Waals surface area contributed by atoms with E-state index in [1.165, 1.54) is 11.1 Å². The highest BCUT2D eigenvalue weighted by Crippen LogP contribution is 2.21. The summed E-state index contributed by atoms with van der Waals surface area (Å²) in [6.07, 6.45) is 1.01. The van der Waals surface area contributed by atoms with Crippen molar-refractivity contribution in [1.82, 2.24) is 5.32 Å². The fraction of sp³-hybridized carbons (Fsp3) is 0.143. The summed E-state index contributed by atoms with van der Waals surface area (Å²) in [4.78, 5) is 0. The van der Waals surface area contributed by atoms with E-state index in [9.17, 15) is 0 Å². The summed E-state index contributed by atoms with van der Waals surface area (Å²) in [6.45, 7) is 1.88. The Bertz CT molecular complexity index is 693. The summed E-state index contributed by atoms with van der Waals surface area (Å²) < 4.78 is 5.80. The molecule has 0 unspecified atom stereocenters. The van der Waals surface area contributed by atoms with Gasteiger partial charge in [0.1, 0.15) is 11.5 Å². The molecule has 0 saturated carbocycles. The van der Waals surface area contributed by atoms with Gasteiger partial charge in [0.2, 0.25) is 0 Å². The SMILES string of the molecule is c1ccc(CNCCc2ccc(Oc3ccccc3)cc2)cc1. The Morgan fingerprint density at radius 3 is 1.91 bits per heavy atom. The van der Waals surface area contributed by atoms with Gasteiger partial charge in [0, 0.05) is 6.54 Å². The first kappa shape index (κ1) is 15.3. The van der Waals surface area contributed by atoms with Gasteiger partial charge in [0.05, 0.1) is 0 Å². The summed E-state index contributed by atoms with van der Waals surface area (Å²) in [5.74, 6) is 1.74. The highest BCUT2D eigenvalue weighted by atomic mass is 16.5. The fourth-order valence-electron chi connectivity index (χ4n) is 2.41. The molecule has 0 heterocycles. The number of para-hydroxylation sites is 1. The first-order chi connectivity index (χ1) is 11.4. The van der Waals surface area contributed by atoms with Crippen LogP contribution in [0.25, 0.3) is 0 Å². The third-order valence-electron chi connectivity index (χ3n) is 3.66. The maximum Gasteiger partial charge on any atom is 0.127 e. The molecule has 0 fully saturated rings. The topological polar surface area (TPSA) is 21.3 Å². The summed E-state index contributed by atoms with van der Waals surface area (Å²) >= 11 is 0. The second kappa shape index (κ2) is 8.16. The van der Waals surface area contributed by atoms with Gasteiger partial charge in [0.15, 0.2) is 0 Å². The van der Waals surface area contributed by atoms with Crippen molar-refractivity contribution >= 4 is 0 Å². The molecule has 0 aromatic heterocycles. The summed E-state index contributed by atoms with van der Waals surface area (Å²) in [7, 11) is 0. The van der Waals surface area contributed by atoms with E-state index in [1.54, 1.807) is 0 Å². The molecule has 0 aliphatic heterocycles. The van der Waals surface area contributed by atoms with E-state index in [2.05, 4.69) is 41.7 Å². The minimum absolute atomic E-state index is 0.866. The molecule has 0 aliphatic rings. The van der Waals surface area contributed by atoms with Crippen molar-refractivity contribution < 1.29 is 4.74 Å². The first-order valence-corrected chi connectivity index (χ1v) is 7.97. The van der Waals surface area contributed by atoms with Crippen molar-refractivity contribution in [2.75, 3.05) is 6.54 Å². The molecule has 0 aliphatic carbocycles. The Morgan fingerprint density at radius 2 is 1.22 bits per heavy atom. The zero-order valence-electron chi connectivity index (χ0n) is 13.1. The predicted octanol–water partition coefficient (Wildman–Crippen LogP) is 4.81. The van der Waals surface area contributed by atoms with E-state index in [4.69, 9.17) is 4.74 Å². The molecule has 0 bridgehead atoms. The molecule has 1 N–H and O–H groups in total. The van der Waals surface area contributed by atoms with Gasteiger partial charge < -0.3 is 10.1 Å². The molecular formula is C21H21NO. The van der Waals surface area contributed by atoms with Crippen LogP contribution in [0.4, 0.5) is 0 Å². The highest BCUT2D eigenvalue weighted by molar-refractivity contribution is 5.33. The Morgan fingerprint density at radius 1 is 0.609 bits per heavy atom. The Kier molecular flexibility index (Phi) is 5.43. The van der Waals surface area contributed by atoms with Gasteiger partial charge in [-0.3, -0.25) is 0 Å². The molecule has 3 rings (SSSR count). The minimum atomic E-state index is 0.866. The summed E-state index contributed by atoms with van der Waals surface area (Å²) in [6, 6.07) is 28.6. The number of rotatable bonds is 7. The second-order valence-corrected chi connectivity index (χ2v) is 5.47. The van der Waals surface area contributed by atoms with Gasteiger partial charge in [-0.1, -0.05) is 60.7 Å². The van der Waals surface area contributed by atoms with Gasteiger partial charge in [0.25, 0.3) is 0 Å². The van der Waals surface area contributed by atoms with Crippen molar-refractivity contribution in [2.24, 2.45) is 0 Å². The fourth-order valence-corrected chi connectivity index (χ4v) is 2.41. The maximum absolute atomic E-state index is 5.80. The Balaban J connectivity index is 1.44. The van der Waals surface area contributed by atoms with Crippen LogP contribution in [0.2, 0.25) is 0 Å². The van der Waals surface area contributed by atoms with E-state index in [-0.39, 0.29) is 0 Å². The normalized spacial score (nSPS) is 10.4. The lowest BCUT2D eigenvalue weighted by atomic mass is 10.1. The van der Waals surface area contributed by atoms with Gasteiger partial charge in [-0.05, 0) is 48.4 Å². The van der Waals surface area contributed by atoms with Crippen LogP contribution in [0.3, 0.4) is 0 Å². The third-order valence-corrected chi connectivity index (χ3v) is 3.66. The number of nitrogens with one attached hydrogen (secondary N) is 1. The Labute approximate surface area is 137 Å². The average molecular weight is 303 g/mol. The van der Waals surface area contributed by atoms with Crippen LogP contribution in [0.15, 0.2) is 84.9 Å². The lowest BCUT2D eigenvalue weighted by Gasteiger charge is -2.08. The Hall–Kier alpha value is -2.58. The molecule has 0 saturated heterocycles. The number of ether oxygens (including phenoxy) is 1. The van der Waals surface area contributed by atoms with Crippen LogP contribution >= 0.6 is 0 Å². The molecule has 0 atom stereocenters. The van der Waals surface area contributed by atoms with E-state index >= 15 is 0 Å². The van der Waals surface area contributed by atoms with Crippen LogP contribution in [0, 0.1) is 0 Å². The molecule has 3 aromatic rings. The monoisotopic (exact) mass is 303 g/mol.